The number of benzene rings is 3. The lowest BCUT2D eigenvalue weighted by atomic mass is 10.1. The highest BCUT2D eigenvalue weighted by Gasteiger charge is 2.14. The van der Waals surface area contributed by atoms with Crippen LogP contribution in [0.15, 0.2) is 66.7 Å². The zero-order valence-electron chi connectivity index (χ0n) is 15.9. The lowest BCUT2D eigenvalue weighted by molar-refractivity contribution is 0.0951. The number of imidazole rings is 1. The zero-order chi connectivity index (χ0) is 19.8. The molecule has 0 unspecified atom stereocenters. The number of nitrogens with zero attached hydrogens (tertiary/aromatic N) is 2. The molecule has 142 valence electrons. The van der Waals surface area contributed by atoms with E-state index in [-0.39, 0.29) is 5.91 Å². The number of H-pyrrole nitrogens is 2. The molecule has 29 heavy (non-hydrogen) atoms. The van der Waals surface area contributed by atoms with Crippen LogP contribution in [0.2, 0.25) is 0 Å². The van der Waals surface area contributed by atoms with Gasteiger partial charge in [0.05, 0.1) is 16.6 Å². The van der Waals surface area contributed by atoms with E-state index in [1.165, 1.54) is 5.56 Å². The van der Waals surface area contributed by atoms with Gasteiger partial charge in [-0.15, -0.1) is 0 Å². The van der Waals surface area contributed by atoms with Gasteiger partial charge >= 0.3 is 0 Å². The van der Waals surface area contributed by atoms with Crippen LogP contribution in [0.5, 0.6) is 0 Å². The molecule has 0 saturated heterocycles. The Morgan fingerprint density at radius 3 is 2.79 bits per heavy atom. The molecule has 0 spiro atoms. The summed E-state index contributed by atoms with van der Waals surface area (Å²) in [5.41, 5.74) is 6.15. The van der Waals surface area contributed by atoms with E-state index in [1.54, 1.807) is 12.1 Å². The summed E-state index contributed by atoms with van der Waals surface area (Å²) in [6.07, 6.45) is 0. The normalized spacial score (nSPS) is 11.2. The minimum atomic E-state index is -0.122. The van der Waals surface area contributed by atoms with E-state index >= 15 is 0 Å². The molecule has 0 aliphatic rings. The number of hydrogen-bond donors (Lipinski definition) is 3. The number of aromatic amines is 2. The minimum absolute atomic E-state index is 0.122. The van der Waals surface area contributed by atoms with Gasteiger partial charge in [-0.2, -0.15) is 5.10 Å². The van der Waals surface area contributed by atoms with Crippen LogP contribution in [0.3, 0.4) is 0 Å². The van der Waals surface area contributed by atoms with Crippen molar-refractivity contribution in [3.63, 3.8) is 0 Å². The van der Waals surface area contributed by atoms with Crippen LogP contribution in [-0.4, -0.2) is 26.1 Å². The van der Waals surface area contributed by atoms with E-state index < -0.39 is 0 Å². The third kappa shape index (κ3) is 3.25. The topological polar surface area (TPSA) is 86.5 Å². The second-order valence-corrected chi connectivity index (χ2v) is 7.11. The average Bonchev–Trinajstić information content (AvgIpc) is 3.35. The molecule has 2 aromatic heterocycles. The summed E-state index contributed by atoms with van der Waals surface area (Å²) in [6.45, 7) is 2.53. The molecular weight excluding hydrogens is 362 g/mol. The highest BCUT2D eigenvalue weighted by molar-refractivity contribution is 5.98. The van der Waals surface area contributed by atoms with E-state index in [0.717, 1.165) is 33.2 Å². The summed E-state index contributed by atoms with van der Waals surface area (Å²) in [6, 6.07) is 21.5. The number of aromatic nitrogens is 4. The smallest absolute Gasteiger partial charge is 0.251 e. The maximum Gasteiger partial charge on any atom is 0.251 e. The average molecular weight is 381 g/mol. The van der Waals surface area contributed by atoms with Crippen molar-refractivity contribution < 1.29 is 4.79 Å². The van der Waals surface area contributed by atoms with E-state index in [0.29, 0.717) is 17.9 Å². The molecule has 0 atom stereocenters. The first-order valence-electron chi connectivity index (χ1n) is 9.44. The number of carbonyl (C=O) groups is 1. The van der Waals surface area contributed by atoms with Gasteiger partial charge in [-0.25, -0.2) is 4.98 Å². The van der Waals surface area contributed by atoms with Crippen molar-refractivity contribution >= 4 is 27.8 Å². The molecule has 6 heteroatoms. The van der Waals surface area contributed by atoms with Crippen LogP contribution in [0.4, 0.5) is 0 Å². The summed E-state index contributed by atoms with van der Waals surface area (Å²) in [5.74, 6) is 0.554. The molecule has 0 fully saturated rings. The van der Waals surface area contributed by atoms with E-state index in [2.05, 4.69) is 31.5 Å². The standard InChI is InChI=1S/C23H19N5O/c1-14-5-4-6-15(11-14)13-24-23(29)16-9-10-19-20(12-16)26-22(25-19)21-17-7-2-3-8-18(17)27-28-21/h2-12H,13H2,1H3,(H,24,29)(H,25,26)(H,27,28). The molecule has 5 aromatic rings. The Hall–Kier alpha value is -3.93. The Bertz CT molecular complexity index is 1350. The predicted molar refractivity (Wildman–Crippen MR) is 114 cm³/mol. The van der Waals surface area contributed by atoms with Gasteiger partial charge < -0.3 is 10.3 Å². The number of aryl methyl sites for hydroxylation is 1. The van der Waals surface area contributed by atoms with Gasteiger partial charge in [-0.05, 0) is 36.8 Å². The highest BCUT2D eigenvalue weighted by Crippen LogP contribution is 2.26. The van der Waals surface area contributed by atoms with Crippen molar-refractivity contribution in [1.82, 2.24) is 25.5 Å². The van der Waals surface area contributed by atoms with Crippen molar-refractivity contribution in [3.05, 3.63) is 83.4 Å². The van der Waals surface area contributed by atoms with Crippen LogP contribution >= 0.6 is 0 Å². The number of carbonyl (C=O) groups excluding carboxylic acids is 1. The summed E-state index contributed by atoms with van der Waals surface area (Å²) >= 11 is 0. The summed E-state index contributed by atoms with van der Waals surface area (Å²) in [4.78, 5) is 20.5. The molecular formula is C23H19N5O. The summed E-state index contributed by atoms with van der Waals surface area (Å²) in [5, 5.41) is 11.4. The van der Waals surface area contributed by atoms with Gasteiger partial charge in [0, 0.05) is 17.5 Å². The lowest BCUT2D eigenvalue weighted by Crippen LogP contribution is -2.22. The lowest BCUT2D eigenvalue weighted by Gasteiger charge is -2.06. The number of amides is 1. The zero-order valence-corrected chi connectivity index (χ0v) is 15.9. The maximum absolute atomic E-state index is 12.6. The van der Waals surface area contributed by atoms with Crippen molar-refractivity contribution in [2.45, 2.75) is 13.5 Å². The maximum atomic E-state index is 12.6. The fourth-order valence-corrected chi connectivity index (χ4v) is 3.51. The Labute approximate surface area is 167 Å². The first-order valence-corrected chi connectivity index (χ1v) is 9.44. The first-order chi connectivity index (χ1) is 14.2. The first kappa shape index (κ1) is 17.2. The van der Waals surface area contributed by atoms with Gasteiger partial charge in [0.2, 0.25) is 0 Å². The predicted octanol–water partition coefficient (Wildman–Crippen LogP) is 4.34. The number of para-hydroxylation sites is 1. The molecule has 0 aliphatic carbocycles. The fraction of sp³-hybridized carbons (Fsp3) is 0.0870. The molecule has 0 radical (unpaired) electrons. The molecule has 3 N–H and O–H groups in total. The van der Waals surface area contributed by atoms with Gasteiger partial charge in [0.25, 0.3) is 5.91 Å². The second-order valence-electron chi connectivity index (χ2n) is 7.11. The van der Waals surface area contributed by atoms with E-state index in [1.807, 2.05) is 55.5 Å². The van der Waals surface area contributed by atoms with Crippen molar-refractivity contribution in [3.8, 4) is 11.5 Å². The molecule has 6 nitrogen and oxygen atoms in total. The molecule has 2 heterocycles. The van der Waals surface area contributed by atoms with Gasteiger partial charge in [0.15, 0.2) is 5.82 Å². The summed E-state index contributed by atoms with van der Waals surface area (Å²) < 4.78 is 0. The van der Waals surface area contributed by atoms with Crippen molar-refractivity contribution in [1.29, 1.82) is 0 Å². The number of hydrogen-bond acceptors (Lipinski definition) is 3. The van der Waals surface area contributed by atoms with E-state index in [4.69, 9.17) is 0 Å². The molecule has 1 amide bonds. The number of fused-ring (bicyclic) bond motifs is 2. The van der Waals surface area contributed by atoms with Gasteiger partial charge in [-0.1, -0.05) is 48.0 Å². The minimum Gasteiger partial charge on any atom is -0.348 e. The largest absolute Gasteiger partial charge is 0.348 e. The third-order valence-corrected chi connectivity index (χ3v) is 4.98. The third-order valence-electron chi connectivity index (χ3n) is 4.98. The second kappa shape index (κ2) is 6.91. The molecule has 5 rings (SSSR count). The number of rotatable bonds is 4. The van der Waals surface area contributed by atoms with Crippen LogP contribution in [0.25, 0.3) is 33.5 Å². The van der Waals surface area contributed by atoms with Gasteiger partial charge in [0.1, 0.15) is 5.69 Å². The molecule has 0 bridgehead atoms. The van der Waals surface area contributed by atoms with Crippen molar-refractivity contribution in [2.75, 3.05) is 0 Å². The number of nitrogens with one attached hydrogen (secondary N) is 3. The Balaban J connectivity index is 1.41. The highest BCUT2D eigenvalue weighted by atomic mass is 16.1. The molecule has 3 aromatic carbocycles. The fourth-order valence-electron chi connectivity index (χ4n) is 3.51. The van der Waals surface area contributed by atoms with Crippen molar-refractivity contribution in [2.24, 2.45) is 0 Å². The summed E-state index contributed by atoms with van der Waals surface area (Å²) in [7, 11) is 0. The van der Waals surface area contributed by atoms with Crippen LogP contribution in [0.1, 0.15) is 21.5 Å². The quantitative estimate of drug-likeness (QED) is 0.433. The monoisotopic (exact) mass is 381 g/mol. The Morgan fingerprint density at radius 2 is 1.90 bits per heavy atom. The van der Waals surface area contributed by atoms with Crippen LogP contribution in [0, 0.1) is 6.92 Å². The SMILES string of the molecule is Cc1cccc(CNC(=O)c2ccc3[nH]c(-c4n[nH]c5ccccc45)nc3c2)c1. The molecule has 0 aliphatic heterocycles. The Morgan fingerprint density at radius 1 is 1.00 bits per heavy atom. The molecule has 0 saturated carbocycles. The van der Waals surface area contributed by atoms with Gasteiger partial charge in [-0.3, -0.25) is 9.89 Å². The van der Waals surface area contributed by atoms with E-state index in [9.17, 15) is 4.79 Å². The van der Waals surface area contributed by atoms with Crippen LogP contribution < -0.4 is 5.32 Å². The Kier molecular flexibility index (Phi) is 4.09. The van der Waals surface area contributed by atoms with Crippen LogP contribution in [-0.2, 0) is 6.54 Å².